The number of amidine groups is 1. The molecule has 1 aromatic rings. The monoisotopic (exact) mass is 327 g/mol. The minimum atomic E-state index is -0.310. The Hall–Kier alpha value is -1.10. The molecule has 0 aromatic heterocycles. The SMILES string of the molecule is CCCCN(c1ccc(C(=N)N)c(Br)c1F)C1CC1. The van der Waals surface area contributed by atoms with Crippen molar-refractivity contribution < 1.29 is 4.39 Å². The van der Waals surface area contributed by atoms with Crippen LogP contribution >= 0.6 is 15.9 Å². The summed E-state index contributed by atoms with van der Waals surface area (Å²) in [6.07, 6.45) is 4.42. The summed E-state index contributed by atoms with van der Waals surface area (Å²) in [6, 6.07) is 3.92. The molecule has 0 spiro atoms. The van der Waals surface area contributed by atoms with Crippen LogP contribution < -0.4 is 10.6 Å². The predicted molar refractivity (Wildman–Crippen MR) is 80.4 cm³/mol. The number of nitrogen functional groups attached to an aromatic ring is 1. The van der Waals surface area contributed by atoms with Gasteiger partial charge in [0.1, 0.15) is 5.84 Å². The first kappa shape index (κ1) is 14.3. The second kappa shape index (κ2) is 5.90. The van der Waals surface area contributed by atoms with E-state index in [0.717, 1.165) is 32.2 Å². The van der Waals surface area contributed by atoms with Gasteiger partial charge in [0.15, 0.2) is 5.82 Å². The average Bonchev–Trinajstić information content (AvgIpc) is 3.18. The first-order valence-electron chi connectivity index (χ1n) is 6.65. The number of hydrogen-bond acceptors (Lipinski definition) is 2. The standard InChI is InChI=1S/C14H19BrFN3/c1-2-3-8-19(9-4-5-9)11-7-6-10(14(17)18)12(15)13(11)16/h6-7,9H,2-5,8H2,1H3,(H3,17,18). The highest BCUT2D eigenvalue weighted by atomic mass is 79.9. The molecule has 3 nitrogen and oxygen atoms in total. The molecule has 2 rings (SSSR count). The van der Waals surface area contributed by atoms with Gasteiger partial charge < -0.3 is 10.6 Å². The highest BCUT2D eigenvalue weighted by molar-refractivity contribution is 9.10. The van der Waals surface area contributed by atoms with Crippen LogP contribution in [0.5, 0.6) is 0 Å². The molecular formula is C14H19BrFN3. The zero-order valence-corrected chi connectivity index (χ0v) is 12.6. The first-order valence-corrected chi connectivity index (χ1v) is 7.44. The molecule has 1 aliphatic rings. The molecule has 3 N–H and O–H groups in total. The van der Waals surface area contributed by atoms with E-state index in [9.17, 15) is 4.39 Å². The van der Waals surface area contributed by atoms with Crippen molar-refractivity contribution in [2.45, 2.75) is 38.6 Å². The first-order chi connectivity index (χ1) is 9.06. The molecule has 104 valence electrons. The molecule has 1 fully saturated rings. The molecule has 0 radical (unpaired) electrons. The molecule has 0 aliphatic heterocycles. The number of hydrogen-bond donors (Lipinski definition) is 2. The lowest BCUT2D eigenvalue weighted by Gasteiger charge is -2.26. The number of nitrogens with one attached hydrogen (secondary N) is 1. The maximum absolute atomic E-state index is 14.4. The van der Waals surface area contributed by atoms with Crippen molar-refractivity contribution in [1.29, 1.82) is 5.41 Å². The van der Waals surface area contributed by atoms with E-state index in [1.807, 2.05) is 0 Å². The molecule has 0 saturated heterocycles. The molecule has 19 heavy (non-hydrogen) atoms. The normalized spacial score (nSPS) is 14.5. The number of unbranched alkanes of at least 4 members (excludes halogenated alkanes) is 1. The van der Waals surface area contributed by atoms with E-state index in [1.165, 1.54) is 0 Å². The molecule has 1 aliphatic carbocycles. The van der Waals surface area contributed by atoms with E-state index in [0.29, 0.717) is 21.8 Å². The van der Waals surface area contributed by atoms with Gasteiger partial charge in [-0.05, 0) is 47.3 Å². The van der Waals surface area contributed by atoms with Crippen molar-refractivity contribution in [1.82, 2.24) is 0 Å². The number of halogens is 2. The van der Waals surface area contributed by atoms with Crippen LogP contribution in [0.2, 0.25) is 0 Å². The lowest BCUT2D eigenvalue weighted by Crippen LogP contribution is -2.28. The van der Waals surface area contributed by atoms with Crippen molar-refractivity contribution >= 4 is 27.5 Å². The Kier molecular flexibility index (Phi) is 4.45. The molecule has 1 aromatic carbocycles. The minimum Gasteiger partial charge on any atom is -0.384 e. The Morgan fingerprint density at radius 3 is 2.74 bits per heavy atom. The van der Waals surface area contributed by atoms with Crippen molar-refractivity contribution in [3.63, 3.8) is 0 Å². The molecule has 0 amide bonds. The van der Waals surface area contributed by atoms with Crippen molar-refractivity contribution in [2.24, 2.45) is 5.73 Å². The largest absolute Gasteiger partial charge is 0.384 e. The summed E-state index contributed by atoms with van der Waals surface area (Å²) in [7, 11) is 0. The van der Waals surface area contributed by atoms with Gasteiger partial charge in [0, 0.05) is 18.2 Å². The fourth-order valence-electron chi connectivity index (χ4n) is 2.18. The fraction of sp³-hybridized carbons (Fsp3) is 0.500. The van der Waals surface area contributed by atoms with E-state index >= 15 is 0 Å². The molecule has 5 heteroatoms. The van der Waals surface area contributed by atoms with Gasteiger partial charge in [-0.2, -0.15) is 0 Å². The van der Waals surface area contributed by atoms with Gasteiger partial charge in [-0.1, -0.05) is 13.3 Å². The Morgan fingerprint density at radius 1 is 1.53 bits per heavy atom. The van der Waals surface area contributed by atoms with Gasteiger partial charge in [-0.25, -0.2) is 4.39 Å². The van der Waals surface area contributed by atoms with E-state index < -0.39 is 0 Å². The molecular weight excluding hydrogens is 309 g/mol. The summed E-state index contributed by atoms with van der Waals surface area (Å²) < 4.78 is 14.7. The number of nitrogens with zero attached hydrogens (tertiary/aromatic N) is 1. The highest BCUT2D eigenvalue weighted by Crippen LogP contribution is 2.36. The van der Waals surface area contributed by atoms with Crippen LogP contribution in [0.4, 0.5) is 10.1 Å². The quantitative estimate of drug-likeness (QED) is 0.619. The van der Waals surface area contributed by atoms with Crippen LogP contribution in [0, 0.1) is 11.2 Å². The highest BCUT2D eigenvalue weighted by Gasteiger charge is 2.31. The maximum atomic E-state index is 14.4. The van der Waals surface area contributed by atoms with Gasteiger partial charge in [0.05, 0.1) is 10.2 Å². The zero-order valence-electron chi connectivity index (χ0n) is 11.0. The number of anilines is 1. The van der Waals surface area contributed by atoms with E-state index in [2.05, 4.69) is 27.8 Å². The minimum absolute atomic E-state index is 0.121. The summed E-state index contributed by atoms with van der Waals surface area (Å²) in [5.41, 5.74) is 6.46. The average molecular weight is 328 g/mol. The van der Waals surface area contributed by atoms with Crippen LogP contribution in [-0.4, -0.2) is 18.4 Å². The molecule has 0 unspecified atom stereocenters. The third-order valence-electron chi connectivity index (χ3n) is 3.40. The van der Waals surface area contributed by atoms with Gasteiger partial charge >= 0.3 is 0 Å². The van der Waals surface area contributed by atoms with E-state index in [1.54, 1.807) is 12.1 Å². The van der Waals surface area contributed by atoms with Crippen LogP contribution in [0.1, 0.15) is 38.2 Å². The predicted octanol–water partition coefficient (Wildman–Crippen LogP) is 3.64. The van der Waals surface area contributed by atoms with Crippen molar-refractivity contribution in [2.75, 3.05) is 11.4 Å². The lowest BCUT2D eigenvalue weighted by atomic mass is 10.1. The van der Waals surface area contributed by atoms with Crippen molar-refractivity contribution in [3.05, 3.63) is 28.0 Å². The summed E-state index contributed by atoms with van der Waals surface area (Å²) in [5, 5.41) is 7.43. The van der Waals surface area contributed by atoms with Crippen LogP contribution in [0.25, 0.3) is 0 Å². The summed E-state index contributed by atoms with van der Waals surface area (Å²) in [6.45, 7) is 3.01. The Morgan fingerprint density at radius 2 is 2.21 bits per heavy atom. The summed E-state index contributed by atoms with van der Waals surface area (Å²) in [5.74, 6) is -0.431. The third-order valence-corrected chi connectivity index (χ3v) is 4.18. The second-order valence-electron chi connectivity index (χ2n) is 4.95. The molecule has 0 heterocycles. The second-order valence-corrected chi connectivity index (χ2v) is 5.75. The fourth-order valence-corrected chi connectivity index (χ4v) is 2.73. The maximum Gasteiger partial charge on any atom is 0.161 e. The van der Waals surface area contributed by atoms with Crippen molar-refractivity contribution in [3.8, 4) is 0 Å². The molecule has 0 atom stereocenters. The Labute approximate surface area is 121 Å². The van der Waals surface area contributed by atoms with Gasteiger partial charge in [0.2, 0.25) is 0 Å². The van der Waals surface area contributed by atoms with Gasteiger partial charge in [-0.3, -0.25) is 5.41 Å². The molecule has 1 saturated carbocycles. The molecule has 0 bridgehead atoms. The number of rotatable bonds is 6. The van der Waals surface area contributed by atoms with E-state index in [-0.39, 0.29) is 11.7 Å². The van der Waals surface area contributed by atoms with Gasteiger partial charge in [0.25, 0.3) is 0 Å². The Bertz CT molecular complexity index is 486. The van der Waals surface area contributed by atoms with Gasteiger partial charge in [-0.15, -0.1) is 0 Å². The summed E-state index contributed by atoms with van der Waals surface area (Å²) in [4.78, 5) is 2.15. The van der Waals surface area contributed by atoms with E-state index in [4.69, 9.17) is 11.1 Å². The number of benzene rings is 1. The van der Waals surface area contributed by atoms with Crippen LogP contribution in [-0.2, 0) is 0 Å². The van der Waals surface area contributed by atoms with Crippen LogP contribution in [0.15, 0.2) is 16.6 Å². The smallest absolute Gasteiger partial charge is 0.161 e. The zero-order chi connectivity index (χ0) is 14.0. The Balaban J connectivity index is 2.32. The number of nitrogens with two attached hydrogens (primary N) is 1. The topological polar surface area (TPSA) is 53.1 Å². The van der Waals surface area contributed by atoms with Crippen LogP contribution in [0.3, 0.4) is 0 Å². The third kappa shape index (κ3) is 3.08. The lowest BCUT2D eigenvalue weighted by molar-refractivity contribution is 0.603. The summed E-state index contributed by atoms with van der Waals surface area (Å²) >= 11 is 3.22.